The summed E-state index contributed by atoms with van der Waals surface area (Å²) < 4.78 is 0. The van der Waals surface area contributed by atoms with E-state index in [4.69, 9.17) is 11.6 Å². The molecular weight excluding hydrogens is 286 g/mol. The summed E-state index contributed by atoms with van der Waals surface area (Å²) in [4.78, 5) is 36.2. The maximum absolute atomic E-state index is 11.9. The number of nitro benzene ring substituents is 1. The standard InChI is InChI=1S/C12H8ClN3O4/c13-7-1-2-10(16(19)20)9(5-7)15-12(18)8-6-14-4-3-11(8)17/h1-6H,(H,14,17)(H,15,18). The topological polar surface area (TPSA) is 105 Å². The molecule has 0 bridgehead atoms. The van der Waals surface area contributed by atoms with Gasteiger partial charge in [0.15, 0.2) is 5.43 Å². The van der Waals surface area contributed by atoms with E-state index < -0.39 is 16.3 Å². The van der Waals surface area contributed by atoms with Gasteiger partial charge in [0.1, 0.15) is 11.3 Å². The SMILES string of the molecule is O=C(Nc1cc(Cl)ccc1[N+](=O)[O-])c1c[nH]ccc1=O. The van der Waals surface area contributed by atoms with Crippen LogP contribution >= 0.6 is 11.6 Å². The molecule has 7 nitrogen and oxygen atoms in total. The Morgan fingerprint density at radius 3 is 2.75 bits per heavy atom. The number of nitro groups is 1. The number of aromatic amines is 1. The fourth-order valence-corrected chi connectivity index (χ4v) is 1.72. The molecule has 1 heterocycles. The molecule has 0 saturated heterocycles. The highest BCUT2D eigenvalue weighted by atomic mass is 35.5. The molecule has 2 N–H and O–H groups in total. The number of benzene rings is 1. The van der Waals surface area contributed by atoms with Crippen molar-refractivity contribution in [1.82, 2.24) is 4.98 Å². The second kappa shape index (κ2) is 5.54. The smallest absolute Gasteiger partial charge is 0.292 e. The summed E-state index contributed by atoms with van der Waals surface area (Å²) in [5, 5.41) is 13.4. The summed E-state index contributed by atoms with van der Waals surface area (Å²) in [6.07, 6.45) is 2.59. The Hall–Kier alpha value is -2.67. The van der Waals surface area contributed by atoms with Crippen molar-refractivity contribution in [3.05, 3.63) is 67.6 Å². The fourth-order valence-electron chi connectivity index (χ4n) is 1.55. The van der Waals surface area contributed by atoms with Crippen molar-refractivity contribution in [3.63, 3.8) is 0 Å². The van der Waals surface area contributed by atoms with Crippen LogP contribution < -0.4 is 10.7 Å². The second-order valence-corrected chi connectivity index (χ2v) is 4.23. The number of nitrogens with zero attached hydrogens (tertiary/aromatic N) is 1. The van der Waals surface area contributed by atoms with Gasteiger partial charge in [-0.15, -0.1) is 0 Å². The molecule has 0 fully saturated rings. The number of hydrogen-bond acceptors (Lipinski definition) is 4. The van der Waals surface area contributed by atoms with Crippen LogP contribution in [0.3, 0.4) is 0 Å². The minimum absolute atomic E-state index is 0.0734. The number of pyridine rings is 1. The number of carbonyl (C=O) groups is 1. The number of aromatic nitrogens is 1. The van der Waals surface area contributed by atoms with Crippen LogP contribution in [0.25, 0.3) is 0 Å². The zero-order chi connectivity index (χ0) is 14.7. The fraction of sp³-hybridized carbons (Fsp3) is 0. The van der Waals surface area contributed by atoms with Gasteiger partial charge in [0, 0.05) is 29.5 Å². The van der Waals surface area contributed by atoms with Crippen molar-refractivity contribution >= 4 is 28.9 Å². The Bertz CT molecular complexity index is 741. The van der Waals surface area contributed by atoms with Crippen molar-refractivity contribution in [2.75, 3.05) is 5.32 Å². The van der Waals surface area contributed by atoms with E-state index in [2.05, 4.69) is 10.3 Å². The molecule has 0 aliphatic heterocycles. The van der Waals surface area contributed by atoms with Crippen LogP contribution in [0.15, 0.2) is 41.5 Å². The van der Waals surface area contributed by atoms with Crippen LogP contribution in [0.5, 0.6) is 0 Å². The zero-order valence-corrected chi connectivity index (χ0v) is 10.7. The second-order valence-electron chi connectivity index (χ2n) is 3.79. The zero-order valence-electron chi connectivity index (χ0n) is 9.92. The summed E-state index contributed by atoms with van der Waals surface area (Å²) in [7, 11) is 0. The molecule has 1 aromatic heterocycles. The molecule has 102 valence electrons. The predicted molar refractivity (Wildman–Crippen MR) is 73.1 cm³/mol. The Morgan fingerprint density at radius 1 is 1.35 bits per heavy atom. The Morgan fingerprint density at radius 2 is 2.10 bits per heavy atom. The monoisotopic (exact) mass is 293 g/mol. The number of amides is 1. The minimum atomic E-state index is -0.753. The highest BCUT2D eigenvalue weighted by molar-refractivity contribution is 6.31. The number of H-pyrrole nitrogens is 1. The van der Waals surface area contributed by atoms with Crippen LogP contribution in [0.2, 0.25) is 5.02 Å². The van der Waals surface area contributed by atoms with Crippen LogP contribution in [0.4, 0.5) is 11.4 Å². The van der Waals surface area contributed by atoms with Crippen LogP contribution in [0, 0.1) is 10.1 Å². The molecular formula is C12H8ClN3O4. The van der Waals surface area contributed by atoms with Crippen molar-refractivity contribution in [2.45, 2.75) is 0 Å². The summed E-state index contributed by atoms with van der Waals surface area (Å²) in [5.74, 6) is -0.753. The molecule has 2 aromatic rings. The summed E-state index contributed by atoms with van der Waals surface area (Å²) in [6, 6.07) is 4.94. The highest BCUT2D eigenvalue weighted by Crippen LogP contribution is 2.27. The van der Waals surface area contributed by atoms with E-state index in [1.54, 1.807) is 0 Å². The van der Waals surface area contributed by atoms with Crippen molar-refractivity contribution in [3.8, 4) is 0 Å². The lowest BCUT2D eigenvalue weighted by Crippen LogP contribution is -2.21. The van der Waals surface area contributed by atoms with Crippen molar-refractivity contribution in [2.24, 2.45) is 0 Å². The Kier molecular flexibility index (Phi) is 3.81. The first kappa shape index (κ1) is 13.8. The third kappa shape index (κ3) is 2.83. The van der Waals surface area contributed by atoms with Gasteiger partial charge in [-0.1, -0.05) is 11.6 Å². The first-order valence-corrected chi connectivity index (χ1v) is 5.79. The Labute approximate surface area is 117 Å². The molecule has 0 unspecified atom stereocenters. The predicted octanol–water partition coefficient (Wildman–Crippen LogP) is 2.19. The average Bonchev–Trinajstić information content (AvgIpc) is 2.38. The van der Waals surface area contributed by atoms with E-state index in [1.807, 2.05) is 0 Å². The molecule has 1 aromatic carbocycles. The normalized spacial score (nSPS) is 10.1. The maximum atomic E-state index is 11.9. The minimum Gasteiger partial charge on any atom is -0.367 e. The van der Waals surface area contributed by atoms with Gasteiger partial charge in [-0.25, -0.2) is 0 Å². The molecule has 2 rings (SSSR count). The van der Waals surface area contributed by atoms with Gasteiger partial charge in [-0.3, -0.25) is 19.7 Å². The van der Waals surface area contributed by atoms with Gasteiger partial charge in [-0.2, -0.15) is 0 Å². The number of carbonyl (C=O) groups excluding carboxylic acids is 1. The van der Waals surface area contributed by atoms with Crippen LogP contribution in [-0.2, 0) is 0 Å². The van der Waals surface area contributed by atoms with E-state index in [9.17, 15) is 19.7 Å². The molecule has 0 radical (unpaired) electrons. The van der Waals surface area contributed by atoms with E-state index in [-0.39, 0.29) is 22.0 Å². The van der Waals surface area contributed by atoms with Crippen molar-refractivity contribution < 1.29 is 9.72 Å². The maximum Gasteiger partial charge on any atom is 0.292 e. The number of anilines is 1. The third-order valence-electron chi connectivity index (χ3n) is 2.47. The Balaban J connectivity index is 2.38. The first-order chi connectivity index (χ1) is 9.49. The van der Waals surface area contributed by atoms with Crippen LogP contribution in [-0.4, -0.2) is 15.8 Å². The average molecular weight is 294 g/mol. The molecule has 0 aliphatic rings. The first-order valence-electron chi connectivity index (χ1n) is 5.41. The highest BCUT2D eigenvalue weighted by Gasteiger charge is 2.18. The summed E-state index contributed by atoms with van der Waals surface area (Å²) in [5.41, 5.74) is -1.03. The summed E-state index contributed by atoms with van der Waals surface area (Å²) in [6.45, 7) is 0. The van der Waals surface area contributed by atoms with Gasteiger partial charge >= 0.3 is 0 Å². The quantitative estimate of drug-likeness (QED) is 0.668. The molecule has 0 spiro atoms. The van der Waals surface area contributed by atoms with Gasteiger partial charge in [0.25, 0.3) is 11.6 Å². The van der Waals surface area contributed by atoms with Gasteiger partial charge in [0.05, 0.1) is 4.92 Å². The molecule has 8 heteroatoms. The molecule has 1 amide bonds. The number of nitrogens with one attached hydrogen (secondary N) is 2. The van der Waals surface area contributed by atoms with Crippen LogP contribution in [0.1, 0.15) is 10.4 Å². The van der Waals surface area contributed by atoms with E-state index in [0.29, 0.717) is 0 Å². The van der Waals surface area contributed by atoms with E-state index in [1.165, 1.54) is 36.7 Å². The lowest BCUT2D eigenvalue weighted by Gasteiger charge is -2.05. The van der Waals surface area contributed by atoms with Gasteiger partial charge in [0.2, 0.25) is 0 Å². The number of rotatable bonds is 3. The molecule has 0 aliphatic carbocycles. The molecule has 0 atom stereocenters. The largest absolute Gasteiger partial charge is 0.367 e. The lowest BCUT2D eigenvalue weighted by atomic mass is 10.2. The van der Waals surface area contributed by atoms with Gasteiger partial charge in [-0.05, 0) is 12.1 Å². The number of halogens is 1. The van der Waals surface area contributed by atoms with E-state index in [0.717, 1.165) is 0 Å². The molecule has 0 saturated carbocycles. The summed E-state index contributed by atoms with van der Waals surface area (Å²) >= 11 is 5.74. The van der Waals surface area contributed by atoms with E-state index >= 15 is 0 Å². The third-order valence-corrected chi connectivity index (χ3v) is 2.71. The number of hydrogen-bond donors (Lipinski definition) is 2. The van der Waals surface area contributed by atoms with Crippen molar-refractivity contribution in [1.29, 1.82) is 0 Å². The lowest BCUT2D eigenvalue weighted by molar-refractivity contribution is -0.383. The molecule has 20 heavy (non-hydrogen) atoms. The van der Waals surface area contributed by atoms with Gasteiger partial charge < -0.3 is 10.3 Å².